The van der Waals surface area contributed by atoms with E-state index in [0.717, 1.165) is 43.8 Å². The maximum Gasteiger partial charge on any atom is 0.181 e. The second kappa shape index (κ2) is 7.50. The second-order valence-corrected chi connectivity index (χ2v) is 9.61. The predicted octanol–water partition coefficient (Wildman–Crippen LogP) is 5.13. The molecule has 0 saturated heterocycles. The first-order valence-electron chi connectivity index (χ1n) is 10.9. The van der Waals surface area contributed by atoms with Gasteiger partial charge in [-0.3, -0.25) is 9.36 Å². The number of aryl methyl sites for hydroxylation is 2. The Balaban J connectivity index is 1.55. The van der Waals surface area contributed by atoms with Crippen molar-refractivity contribution in [3.05, 3.63) is 47.7 Å². The lowest BCUT2D eigenvalue weighted by Crippen LogP contribution is -2.20. The van der Waals surface area contributed by atoms with Gasteiger partial charge in [-0.1, -0.05) is 6.42 Å². The van der Waals surface area contributed by atoms with Crippen molar-refractivity contribution in [1.29, 1.82) is 0 Å². The molecule has 5 heterocycles. The van der Waals surface area contributed by atoms with Crippen LogP contribution in [-0.2, 0) is 18.8 Å². The first kappa shape index (κ1) is 19.6. The predicted molar refractivity (Wildman–Crippen MR) is 126 cm³/mol. The number of aromatic nitrogens is 6. The molecule has 1 aliphatic rings. The van der Waals surface area contributed by atoms with Crippen LogP contribution in [-0.4, -0.2) is 36.6 Å². The summed E-state index contributed by atoms with van der Waals surface area (Å²) >= 11 is 1.74. The first-order chi connectivity index (χ1) is 15.6. The number of hydrogen-bond donors (Lipinski definition) is 0. The van der Waals surface area contributed by atoms with Gasteiger partial charge in [0.25, 0.3) is 0 Å². The molecule has 0 radical (unpaired) electrons. The Labute approximate surface area is 189 Å². The molecule has 162 valence electrons. The third kappa shape index (κ3) is 3.13. The molecule has 1 unspecified atom stereocenters. The normalized spacial score (nSPS) is 15.5. The summed E-state index contributed by atoms with van der Waals surface area (Å²) in [5, 5.41) is 10.9. The SMILES string of the molecule is COC(c1cc2c(-c3ccnn3C)cc(-c3cnc4nn(C)cc4c3)nc2s1)C1CCC1. The van der Waals surface area contributed by atoms with Crippen LogP contribution < -0.4 is 0 Å². The van der Waals surface area contributed by atoms with Crippen molar-refractivity contribution in [1.82, 2.24) is 29.5 Å². The Bertz CT molecular complexity index is 1440. The molecule has 32 heavy (non-hydrogen) atoms. The van der Waals surface area contributed by atoms with Gasteiger partial charge in [-0.2, -0.15) is 10.2 Å². The zero-order valence-electron chi connectivity index (χ0n) is 18.3. The van der Waals surface area contributed by atoms with Crippen molar-refractivity contribution < 1.29 is 4.74 Å². The minimum Gasteiger partial charge on any atom is -0.376 e. The van der Waals surface area contributed by atoms with Crippen LogP contribution in [0, 0.1) is 5.92 Å². The standard InChI is InChI=1S/C24H24N6OS/c1-29-13-16-9-15(12-25-23(16)28-29)19-10-17(20-7-8-26-30(20)2)18-11-21(32-24(18)27-19)22(31-3)14-5-4-6-14/h7-14,22H,4-6H2,1-3H3. The van der Waals surface area contributed by atoms with E-state index in [1.807, 2.05) is 44.5 Å². The van der Waals surface area contributed by atoms with Gasteiger partial charge in [-0.25, -0.2) is 9.97 Å². The van der Waals surface area contributed by atoms with Gasteiger partial charge < -0.3 is 4.74 Å². The monoisotopic (exact) mass is 444 g/mol. The number of hydrogen-bond acceptors (Lipinski definition) is 6. The molecule has 1 fully saturated rings. The van der Waals surface area contributed by atoms with Crippen LogP contribution in [0.4, 0.5) is 0 Å². The maximum absolute atomic E-state index is 5.94. The van der Waals surface area contributed by atoms with Crippen molar-refractivity contribution in [2.45, 2.75) is 25.4 Å². The highest BCUT2D eigenvalue weighted by Crippen LogP contribution is 2.45. The Morgan fingerprint density at radius 1 is 1.19 bits per heavy atom. The van der Waals surface area contributed by atoms with E-state index in [9.17, 15) is 0 Å². The molecule has 1 atom stereocenters. The molecule has 1 aliphatic carbocycles. The Hall–Kier alpha value is -3.10. The lowest BCUT2D eigenvalue weighted by Gasteiger charge is -2.32. The third-order valence-electron chi connectivity index (χ3n) is 6.50. The molecule has 1 saturated carbocycles. The van der Waals surface area contributed by atoms with Gasteiger partial charge in [-0.05, 0) is 43.0 Å². The summed E-state index contributed by atoms with van der Waals surface area (Å²) < 4.78 is 9.64. The Kier molecular flexibility index (Phi) is 4.58. The van der Waals surface area contributed by atoms with Crippen molar-refractivity contribution >= 4 is 32.6 Å². The number of nitrogens with zero attached hydrogens (tertiary/aromatic N) is 6. The van der Waals surface area contributed by atoms with Crippen molar-refractivity contribution in [3.63, 3.8) is 0 Å². The summed E-state index contributed by atoms with van der Waals surface area (Å²) in [6.45, 7) is 0. The molecule has 0 aromatic carbocycles. The van der Waals surface area contributed by atoms with Gasteiger partial charge >= 0.3 is 0 Å². The Morgan fingerprint density at radius 3 is 2.78 bits per heavy atom. The summed E-state index contributed by atoms with van der Waals surface area (Å²) in [4.78, 5) is 11.9. The van der Waals surface area contributed by atoms with Crippen molar-refractivity contribution in [2.75, 3.05) is 7.11 Å². The molecule has 0 bridgehead atoms. The van der Waals surface area contributed by atoms with Gasteiger partial charge in [0, 0.05) is 66.6 Å². The lowest BCUT2D eigenvalue weighted by atomic mass is 9.80. The van der Waals surface area contributed by atoms with E-state index < -0.39 is 0 Å². The van der Waals surface area contributed by atoms with E-state index in [4.69, 9.17) is 9.72 Å². The minimum atomic E-state index is 0.138. The molecule has 0 aliphatic heterocycles. The average Bonchev–Trinajstić information content (AvgIpc) is 3.45. The average molecular weight is 445 g/mol. The maximum atomic E-state index is 5.94. The molecule has 6 rings (SSSR count). The number of ether oxygens (including phenoxy) is 1. The number of methoxy groups -OCH3 is 1. The van der Waals surface area contributed by atoms with E-state index in [-0.39, 0.29) is 6.10 Å². The quantitative estimate of drug-likeness (QED) is 0.376. The Morgan fingerprint density at radius 2 is 2.06 bits per heavy atom. The number of thiophene rings is 1. The zero-order valence-corrected chi connectivity index (χ0v) is 19.1. The topological polar surface area (TPSA) is 70.7 Å². The molecule has 7 nitrogen and oxygen atoms in total. The highest BCUT2D eigenvalue weighted by molar-refractivity contribution is 7.18. The van der Waals surface area contributed by atoms with Gasteiger partial charge in [0.1, 0.15) is 4.83 Å². The largest absolute Gasteiger partial charge is 0.376 e. The number of fused-ring (bicyclic) bond motifs is 2. The van der Waals surface area contributed by atoms with Crippen LogP contribution in [0.3, 0.4) is 0 Å². The molecular weight excluding hydrogens is 420 g/mol. The fraction of sp³-hybridized carbons (Fsp3) is 0.333. The van der Waals surface area contributed by atoms with Gasteiger partial charge in [-0.15, -0.1) is 11.3 Å². The molecule has 0 amide bonds. The van der Waals surface area contributed by atoms with Crippen LogP contribution in [0.25, 0.3) is 43.8 Å². The molecule has 5 aromatic heterocycles. The van der Waals surface area contributed by atoms with E-state index >= 15 is 0 Å². The number of rotatable bonds is 5. The zero-order chi connectivity index (χ0) is 21.8. The highest BCUT2D eigenvalue weighted by Gasteiger charge is 2.30. The van der Waals surface area contributed by atoms with Crippen molar-refractivity contribution in [3.8, 4) is 22.5 Å². The van der Waals surface area contributed by atoms with Crippen LogP contribution in [0.5, 0.6) is 0 Å². The summed E-state index contributed by atoms with van der Waals surface area (Å²) in [7, 11) is 5.71. The first-order valence-corrected chi connectivity index (χ1v) is 11.7. The van der Waals surface area contributed by atoms with E-state index in [0.29, 0.717) is 5.92 Å². The van der Waals surface area contributed by atoms with Crippen LogP contribution in [0.1, 0.15) is 30.2 Å². The van der Waals surface area contributed by atoms with E-state index in [2.05, 4.69) is 39.4 Å². The highest BCUT2D eigenvalue weighted by atomic mass is 32.1. The lowest BCUT2D eigenvalue weighted by molar-refractivity contribution is 0.0205. The van der Waals surface area contributed by atoms with Gasteiger partial charge in [0.05, 0.1) is 17.5 Å². The number of pyridine rings is 2. The van der Waals surface area contributed by atoms with E-state index in [1.54, 1.807) is 16.0 Å². The van der Waals surface area contributed by atoms with E-state index in [1.165, 1.54) is 24.1 Å². The van der Waals surface area contributed by atoms with Gasteiger partial charge in [0.15, 0.2) is 5.65 Å². The smallest absolute Gasteiger partial charge is 0.181 e. The van der Waals surface area contributed by atoms with Crippen LogP contribution in [0.2, 0.25) is 0 Å². The summed E-state index contributed by atoms with van der Waals surface area (Å²) in [5.41, 5.74) is 4.82. The minimum absolute atomic E-state index is 0.138. The fourth-order valence-corrected chi connectivity index (χ4v) is 5.85. The third-order valence-corrected chi connectivity index (χ3v) is 7.59. The van der Waals surface area contributed by atoms with Crippen LogP contribution >= 0.6 is 11.3 Å². The van der Waals surface area contributed by atoms with Gasteiger partial charge in [0.2, 0.25) is 0 Å². The molecule has 0 N–H and O–H groups in total. The summed E-state index contributed by atoms with van der Waals surface area (Å²) in [6.07, 6.45) is 9.58. The van der Waals surface area contributed by atoms with Crippen LogP contribution in [0.15, 0.2) is 42.9 Å². The molecule has 8 heteroatoms. The molecule has 5 aromatic rings. The molecular formula is C24H24N6OS. The summed E-state index contributed by atoms with van der Waals surface area (Å²) in [6, 6.07) is 8.59. The van der Waals surface area contributed by atoms with Crippen molar-refractivity contribution in [2.24, 2.45) is 20.0 Å². The fourth-order valence-electron chi connectivity index (χ4n) is 4.63. The summed E-state index contributed by atoms with van der Waals surface area (Å²) in [5.74, 6) is 0.602. The second-order valence-electron chi connectivity index (χ2n) is 8.55. The molecule has 0 spiro atoms.